The summed E-state index contributed by atoms with van der Waals surface area (Å²) in [5.74, 6) is 0.385. The lowest BCUT2D eigenvalue weighted by atomic mass is 10.1. The van der Waals surface area contributed by atoms with Gasteiger partial charge in [-0.2, -0.15) is 5.10 Å². The topological polar surface area (TPSA) is 50.7 Å². The Morgan fingerprint density at radius 1 is 1.05 bits per heavy atom. The zero-order valence-electron chi connectivity index (χ0n) is 12.0. The maximum atomic E-state index is 11.7. The predicted octanol–water partition coefficient (Wildman–Crippen LogP) is 3.00. The highest BCUT2D eigenvalue weighted by Crippen LogP contribution is 2.07. The maximum Gasteiger partial charge on any atom is 0.277 e. The Hall–Kier alpha value is -2.62. The monoisotopic (exact) mass is 282 g/mol. The molecule has 21 heavy (non-hydrogen) atoms. The summed E-state index contributed by atoms with van der Waals surface area (Å²) in [4.78, 5) is 11.7. The zero-order chi connectivity index (χ0) is 14.9. The first kappa shape index (κ1) is 14.8. The van der Waals surface area contributed by atoms with Gasteiger partial charge in [0.2, 0.25) is 0 Å². The summed E-state index contributed by atoms with van der Waals surface area (Å²) in [7, 11) is 0. The van der Waals surface area contributed by atoms with Crippen LogP contribution in [0, 0.1) is 0 Å². The first-order valence-electron chi connectivity index (χ1n) is 6.88. The van der Waals surface area contributed by atoms with Crippen LogP contribution in [0.1, 0.15) is 18.9 Å². The molecular formula is C17H18N2O2. The molecule has 1 amide bonds. The van der Waals surface area contributed by atoms with Gasteiger partial charge in [0.15, 0.2) is 6.61 Å². The Morgan fingerprint density at radius 3 is 2.29 bits per heavy atom. The molecule has 0 bridgehead atoms. The molecule has 0 unspecified atom stereocenters. The average Bonchev–Trinajstić information content (AvgIpc) is 2.55. The molecule has 0 saturated heterocycles. The van der Waals surface area contributed by atoms with Crippen LogP contribution in [0.2, 0.25) is 0 Å². The number of rotatable bonds is 6. The fourth-order valence-corrected chi connectivity index (χ4v) is 1.81. The van der Waals surface area contributed by atoms with Gasteiger partial charge in [-0.1, -0.05) is 55.5 Å². The molecule has 0 atom stereocenters. The molecule has 0 heterocycles. The van der Waals surface area contributed by atoms with Crippen molar-refractivity contribution in [2.45, 2.75) is 13.3 Å². The summed E-state index contributed by atoms with van der Waals surface area (Å²) in [6.45, 7) is 1.94. The van der Waals surface area contributed by atoms with E-state index in [0.717, 1.165) is 17.7 Å². The summed E-state index contributed by atoms with van der Waals surface area (Å²) in [5, 5.41) is 4.16. The first-order valence-corrected chi connectivity index (χ1v) is 6.88. The third-order valence-corrected chi connectivity index (χ3v) is 2.87. The fourth-order valence-electron chi connectivity index (χ4n) is 1.81. The van der Waals surface area contributed by atoms with Crippen LogP contribution in [0.25, 0.3) is 0 Å². The summed E-state index contributed by atoms with van der Waals surface area (Å²) < 4.78 is 5.36. The molecule has 0 fully saturated rings. The Bertz CT molecular complexity index is 595. The van der Waals surface area contributed by atoms with Gasteiger partial charge in [-0.25, -0.2) is 5.43 Å². The number of nitrogens with zero attached hydrogens (tertiary/aromatic N) is 1. The second kappa shape index (κ2) is 7.85. The average molecular weight is 282 g/mol. The van der Waals surface area contributed by atoms with Gasteiger partial charge in [-0.15, -0.1) is 0 Å². The molecule has 2 aromatic carbocycles. The Morgan fingerprint density at radius 2 is 1.67 bits per heavy atom. The summed E-state index contributed by atoms with van der Waals surface area (Å²) in [6.07, 6.45) is 0.740. The molecule has 0 aromatic heterocycles. The zero-order valence-corrected chi connectivity index (χ0v) is 12.0. The number of carbonyl (C=O) groups excluding carboxylic acids is 1. The van der Waals surface area contributed by atoms with Crippen molar-refractivity contribution in [2.24, 2.45) is 5.10 Å². The lowest BCUT2D eigenvalue weighted by Gasteiger charge is -2.06. The van der Waals surface area contributed by atoms with Crippen molar-refractivity contribution < 1.29 is 9.53 Å². The number of hydrazone groups is 1. The lowest BCUT2D eigenvalue weighted by Crippen LogP contribution is -2.26. The molecule has 4 heteroatoms. The van der Waals surface area contributed by atoms with Crippen molar-refractivity contribution in [1.29, 1.82) is 0 Å². The highest BCUT2D eigenvalue weighted by atomic mass is 16.5. The van der Waals surface area contributed by atoms with E-state index in [9.17, 15) is 4.79 Å². The summed E-state index contributed by atoms with van der Waals surface area (Å²) in [6, 6.07) is 19.0. The van der Waals surface area contributed by atoms with Gasteiger partial charge in [0.1, 0.15) is 5.75 Å². The minimum Gasteiger partial charge on any atom is -0.484 e. The largest absolute Gasteiger partial charge is 0.484 e. The molecule has 0 aliphatic heterocycles. The third-order valence-electron chi connectivity index (χ3n) is 2.87. The van der Waals surface area contributed by atoms with E-state index in [0.29, 0.717) is 5.75 Å². The van der Waals surface area contributed by atoms with Crippen LogP contribution in [0.15, 0.2) is 65.8 Å². The standard InChI is InChI=1S/C17H18N2O2/c1-2-16(14-9-5-3-6-10-14)18-19-17(20)13-21-15-11-7-4-8-12-15/h3-12H,2,13H2,1H3,(H,19,20). The van der Waals surface area contributed by atoms with E-state index in [4.69, 9.17) is 4.74 Å². The molecule has 2 rings (SSSR count). The Balaban J connectivity index is 1.88. The normalized spacial score (nSPS) is 11.0. The van der Waals surface area contributed by atoms with Crippen LogP contribution >= 0.6 is 0 Å². The van der Waals surface area contributed by atoms with Crippen molar-refractivity contribution in [3.05, 3.63) is 66.2 Å². The van der Waals surface area contributed by atoms with Crippen LogP contribution in [0.3, 0.4) is 0 Å². The molecule has 1 N–H and O–H groups in total. The van der Waals surface area contributed by atoms with Crippen molar-refractivity contribution >= 4 is 11.6 Å². The van der Waals surface area contributed by atoms with Crippen LogP contribution in [0.5, 0.6) is 5.75 Å². The minimum atomic E-state index is -0.277. The molecule has 0 radical (unpaired) electrons. The number of para-hydroxylation sites is 1. The van der Waals surface area contributed by atoms with Crippen LogP contribution in [0.4, 0.5) is 0 Å². The van der Waals surface area contributed by atoms with Gasteiger partial charge in [-0.3, -0.25) is 4.79 Å². The highest BCUT2D eigenvalue weighted by molar-refractivity contribution is 6.00. The van der Waals surface area contributed by atoms with E-state index in [1.54, 1.807) is 12.1 Å². The van der Waals surface area contributed by atoms with Crippen molar-refractivity contribution in [3.8, 4) is 5.75 Å². The molecule has 4 nitrogen and oxygen atoms in total. The van der Waals surface area contributed by atoms with E-state index >= 15 is 0 Å². The number of hydrogen-bond donors (Lipinski definition) is 1. The van der Waals surface area contributed by atoms with Crippen LogP contribution < -0.4 is 10.2 Å². The second-order valence-electron chi connectivity index (χ2n) is 4.41. The van der Waals surface area contributed by atoms with Gasteiger partial charge < -0.3 is 4.74 Å². The van der Waals surface area contributed by atoms with Crippen LogP contribution in [-0.2, 0) is 4.79 Å². The smallest absolute Gasteiger partial charge is 0.277 e. The molecule has 2 aromatic rings. The van der Waals surface area contributed by atoms with E-state index in [1.165, 1.54) is 0 Å². The molecule has 0 saturated carbocycles. The molecule has 108 valence electrons. The van der Waals surface area contributed by atoms with Crippen molar-refractivity contribution in [1.82, 2.24) is 5.43 Å². The van der Waals surface area contributed by atoms with Gasteiger partial charge in [0.05, 0.1) is 5.71 Å². The number of carbonyl (C=O) groups is 1. The number of ether oxygens (including phenoxy) is 1. The van der Waals surface area contributed by atoms with Gasteiger partial charge in [-0.05, 0) is 24.1 Å². The van der Waals surface area contributed by atoms with Gasteiger partial charge >= 0.3 is 0 Å². The molecule has 0 aliphatic carbocycles. The SMILES string of the molecule is CCC(=NNC(=O)COc1ccccc1)c1ccccc1. The van der Waals surface area contributed by atoms with Gasteiger partial charge in [0, 0.05) is 0 Å². The van der Waals surface area contributed by atoms with E-state index in [-0.39, 0.29) is 12.5 Å². The van der Waals surface area contributed by atoms with E-state index < -0.39 is 0 Å². The molecule has 0 spiro atoms. The number of hydrogen-bond acceptors (Lipinski definition) is 3. The van der Waals surface area contributed by atoms with Crippen molar-refractivity contribution in [3.63, 3.8) is 0 Å². The summed E-state index contributed by atoms with van der Waals surface area (Å²) in [5.41, 5.74) is 4.37. The first-order chi connectivity index (χ1) is 10.3. The predicted molar refractivity (Wildman–Crippen MR) is 83.3 cm³/mol. The fraction of sp³-hybridized carbons (Fsp3) is 0.176. The number of amides is 1. The van der Waals surface area contributed by atoms with Crippen molar-refractivity contribution in [2.75, 3.05) is 6.61 Å². The van der Waals surface area contributed by atoms with Crippen LogP contribution in [-0.4, -0.2) is 18.2 Å². The third kappa shape index (κ3) is 4.76. The Labute approximate surface area is 124 Å². The number of benzene rings is 2. The van der Waals surface area contributed by atoms with E-state index in [2.05, 4.69) is 10.5 Å². The lowest BCUT2D eigenvalue weighted by molar-refractivity contribution is -0.123. The quantitative estimate of drug-likeness (QED) is 0.654. The second-order valence-corrected chi connectivity index (χ2v) is 4.41. The molecule has 0 aliphatic rings. The summed E-state index contributed by atoms with van der Waals surface area (Å²) >= 11 is 0. The highest BCUT2D eigenvalue weighted by Gasteiger charge is 2.04. The Kier molecular flexibility index (Phi) is 5.52. The van der Waals surface area contributed by atoms with Gasteiger partial charge in [0.25, 0.3) is 5.91 Å². The number of nitrogens with one attached hydrogen (secondary N) is 1. The van der Waals surface area contributed by atoms with E-state index in [1.807, 2.05) is 55.5 Å². The molecular weight excluding hydrogens is 264 g/mol. The minimum absolute atomic E-state index is 0.0563. The maximum absolute atomic E-state index is 11.7.